The summed E-state index contributed by atoms with van der Waals surface area (Å²) in [6, 6.07) is 4.76. The number of carboxylic acid groups (broad SMARTS) is 1. The predicted octanol–water partition coefficient (Wildman–Crippen LogP) is 2.85. The molecule has 110 valence electrons. The molecule has 0 saturated carbocycles. The van der Waals surface area contributed by atoms with Crippen LogP contribution in [0.2, 0.25) is 0 Å². The van der Waals surface area contributed by atoms with Crippen LogP contribution < -0.4 is 10.6 Å². The Morgan fingerprint density at radius 3 is 2.71 bits per heavy atom. The molecule has 0 spiro atoms. The molecule has 21 heavy (non-hydrogen) atoms. The van der Waals surface area contributed by atoms with Gasteiger partial charge in [-0.05, 0) is 39.5 Å². The number of nitrogens with one attached hydrogen (secondary N) is 2. The highest BCUT2D eigenvalue weighted by atomic mass is 79.9. The van der Waals surface area contributed by atoms with E-state index in [1.54, 1.807) is 23.5 Å². The maximum absolute atomic E-state index is 11.7. The van der Waals surface area contributed by atoms with E-state index in [0.29, 0.717) is 17.9 Å². The van der Waals surface area contributed by atoms with Gasteiger partial charge in [-0.15, -0.1) is 11.3 Å². The Morgan fingerprint density at radius 2 is 2.14 bits per heavy atom. The van der Waals surface area contributed by atoms with Crippen molar-refractivity contribution in [3.8, 4) is 0 Å². The van der Waals surface area contributed by atoms with E-state index in [0.717, 1.165) is 9.35 Å². The molecule has 6 nitrogen and oxygen atoms in total. The molecule has 0 bridgehead atoms. The highest BCUT2D eigenvalue weighted by molar-refractivity contribution is 9.10. The average Bonchev–Trinajstić information content (AvgIpc) is 2.84. The first kappa shape index (κ1) is 15.5. The Morgan fingerprint density at radius 1 is 1.33 bits per heavy atom. The van der Waals surface area contributed by atoms with Crippen LogP contribution in [-0.2, 0) is 17.8 Å². The van der Waals surface area contributed by atoms with Gasteiger partial charge in [-0.1, -0.05) is 0 Å². The van der Waals surface area contributed by atoms with E-state index < -0.39 is 5.97 Å². The molecule has 3 N–H and O–H groups in total. The molecule has 0 fully saturated rings. The number of amides is 2. The number of hydrogen-bond acceptors (Lipinski definition) is 4. The Hall–Kier alpha value is -1.93. The third kappa shape index (κ3) is 4.83. The van der Waals surface area contributed by atoms with E-state index in [1.165, 1.54) is 6.20 Å². The van der Waals surface area contributed by atoms with Gasteiger partial charge in [-0.3, -0.25) is 9.78 Å². The fourth-order valence-electron chi connectivity index (χ4n) is 1.55. The van der Waals surface area contributed by atoms with Gasteiger partial charge in [0, 0.05) is 9.35 Å². The molecular formula is C13H12BrN3O3S. The molecule has 0 aliphatic rings. The lowest BCUT2D eigenvalue weighted by Crippen LogP contribution is -2.28. The number of carbonyl (C=O) groups excluding carboxylic acids is 1. The molecule has 2 aromatic rings. The van der Waals surface area contributed by atoms with E-state index >= 15 is 0 Å². The zero-order chi connectivity index (χ0) is 15.2. The summed E-state index contributed by atoms with van der Waals surface area (Å²) >= 11 is 4.94. The van der Waals surface area contributed by atoms with Gasteiger partial charge in [0.05, 0.1) is 30.5 Å². The van der Waals surface area contributed by atoms with Crippen molar-refractivity contribution in [2.45, 2.75) is 13.0 Å². The van der Waals surface area contributed by atoms with E-state index in [1.807, 2.05) is 11.4 Å². The van der Waals surface area contributed by atoms with Crippen molar-refractivity contribution in [2.75, 3.05) is 5.32 Å². The fraction of sp³-hybridized carbons (Fsp3) is 0.154. The molecule has 0 aliphatic heterocycles. The molecule has 2 heterocycles. The minimum atomic E-state index is -0.942. The third-order valence-electron chi connectivity index (χ3n) is 2.52. The highest BCUT2D eigenvalue weighted by Crippen LogP contribution is 2.22. The quantitative estimate of drug-likeness (QED) is 0.755. The molecule has 0 saturated heterocycles. The van der Waals surface area contributed by atoms with Crippen molar-refractivity contribution in [1.82, 2.24) is 10.3 Å². The normalized spacial score (nSPS) is 10.1. The van der Waals surface area contributed by atoms with Crippen molar-refractivity contribution >= 4 is 45.0 Å². The zero-order valence-corrected chi connectivity index (χ0v) is 13.2. The number of hydrogen-bond donors (Lipinski definition) is 3. The maximum atomic E-state index is 11.7. The number of thiophene rings is 1. The minimum Gasteiger partial charge on any atom is -0.481 e. The van der Waals surface area contributed by atoms with Crippen molar-refractivity contribution in [3.05, 3.63) is 44.8 Å². The molecule has 0 atom stereocenters. The molecule has 0 radical (unpaired) electrons. The lowest BCUT2D eigenvalue weighted by atomic mass is 10.2. The zero-order valence-electron chi connectivity index (χ0n) is 10.8. The van der Waals surface area contributed by atoms with Crippen LogP contribution in [0, 0.1) is 0 Å². The van der Waals surface area contributed by atoms with Gasteiger partial charge in [0.25, 0.3) is 0 Å². The molecule has 0 unspecified atom stereocenters. The van der Waals surface area contributed by atoms with Crippen LogP contribution in [0.25, 0.3) is 0 Å². The van der Waals surface area contributed by atoms with Gasteiger partial charge >= 0.3 is 12.0 Å². The fourth-order valence-corrected chi connectivity index (χ4v) is 2.98. The van der Waals surface area contributed by atoms with Crippen LogP contribution >= 0.6 is 27.3 Å². The van der Waals surface area contributed by atoms with Gasteiger partial charge in [-0.2, -0.15) is 0 Å². The lowest BCUT2D eigenvalue weighted by Gasteiger charge is -2.07. The van der Waals surface area contributed by atoms with Gasteiger partial charge in [0.2, 0.25) is 0 Å². The Kier molecular flexibility index (Phi) is 5.29. The molecular weight excluding hydrogens is 358 g/mol. The van der Waals surface area contributed by atoms with Crippen LogP contribution in [0.4, 0.5) is 10.5 Å². The Balaban J connectivity index is 1.85. The standard InChI is InChI=1S/C13H12BrN3O3S/c14-10-3-4-21-11(10)7-16-13(20)17-9-2-1-8(15-6-9)5-12(18)19/h1-4,6H,5,7H2,(H,18,19)(H2,16,17,20). The first-order chi connectivity index (χ1) is 10.0. The lowest BCUT2D eigenvalue weighted by molar-refractivity contribution is -0.136. The number of aromatic nitrogens is 1. The molecule has 8 heteroatoms. The van der Waals surface area contributed by atoms with E-state index in [4.69, 9.17) is 5.11 Å². The number of urea groups is 1. The Bertz CT molecular complexity index is 642. The minimum absolute atomic E-state index is 0.140. The van der Waals surface area contributed by atoms with E-state index in [2.05, 4.69) is 31.5 Å². The highest BCUT2D eigenvalue weighted by Gasteiger charge is 2.06. The monoisotopic (exact) mass is 369 g/mol. The predicted molar refractivity (Wildman–Crippen MR) is 83.5 cm³/mol. The van der Waals surface area contributed by atoms with Gasteiger partial charge in [0.1, 0.15) is 0 Å². The average molecular weight is 370 g/mol. The summed E-state index contributed by atoms with van der Waals surface area (Å²) in [6.07, 6.45) is 1.29. The summed E-state index contributed by atoms with van der Waals surface area (Å²) in [5.41, 5.74) is 0.947. The van der Waals surface area contributed by atoms with Gasteiger partial charge in [-0.25, -0.2) is 4.79 Å². The first-order valence-corrected chi connectivity index (χ1v) is 7.65. The number of rotatable bonds is 5. The van der Waals surface area contributed by atoms with Gasteiger partial charge < -0.3 is 15.7 Å². The number of carboxylic acids is 1. The largest absolute Gasteiger partial charge is 0.481 e. The van der Waals surface area contributed by atoms with Crippen molar-refractivity contribution in [3.63, 3.8) is 0 Å². The van der Waals surface area contributed by atoms with Crippen LogP contribution in [0.1, 0.15) is 10.6 Å². The van der Waals surface area contributed by atoms with Crippen LogP contribution in [0.3, 0.4) is 0 Å². The first-order valence-electron chi connectivity index (χ1n) is 5.98. The van der Waals surface area contributed by atoms with E-state index in [9.17, 15) is 9.59 Å². The van der Waals surface area contributed by atoms with E-state index in [-0.39, 0.29) is 12.5 Å². The van der Waals surface area contributed by atoms with Gasteiger partial charge in [0.15, 0.2) is 0 Å². The SMILES string of the molecule is O=C(O)Cc1ccc(NC(=O)NCc2sccc2Br)cn1. The number of halogens is 1. The Labute approximate surface area is 133 Å². The number of aliphatic carboxylic acids is 1. The van der Waals surface area contributed by atoms with Crippen LogP contribution in [-0.4, -0.2) is 22.1 Å². The molecule has 2 rings (SSSR count). The summed E-state index contributed by atoms with van der Waals surface area (Å²) < 4.78 is 0.965. The molecule has 2 amide bonds. The van der Waals surface area contributed by atoms with Crippen molar-refractivity contribution in [1.29, 1.82) is 0 Å². The summed E-state index contributed by atoms with van der Waals surface area (Å²) in [5.74, 6) is -0.942. The number of carbonyl (C=O) groups is 2. The maximum Gasteiger partial charge on any atom is 0.319 e. The van der Waals surface area contributed by atoms with Crippen LogP contribution in [0.5, 0.6) is 0 Å². The number of nitrogens with zero attached hydrogens (tertiary/aromatic N) is 1. The number of anilines is 1. The summed E-state index contributed by atoms with van der Waals surface area (Å²) in [5, 5.41) is 15.9. The second kappa shape index (κ2) is 7.19. The van der Waals surface area contributed by atoms with Crippen LogP contribution in [0.15, 0.2) is 34.2 Å². The molecule has 0 aliphatic carbocycles. The van der Waals surface area contributed by atoms with Crippen molar-refractivity contribution in [2.24, 2.45) is 0 Å². The smallest absolute Gasteiger partial charge is 0.319 e. The second-order valence-electron chi connectivity index (χ2n) is 4.11. The second-order valence-corrected chi connectivity index (χ2v) is 5.96. The van der Waals surface area contributed by atoms with Crippen molar-refractivity contribution < 1.29 is 14.7 Å². The number of pyridine rings is 1. The topological polar surface area (TPSA) is 91.3 Å². The summed E-state index contributed by atoms with van der Waals surface area (Å²) in [6.45, 7) is 0.425. The third-order valence-corrected chi connectivity index (χ3v) is 4.44. The summed E-state index contributed by atoms with van der Waals surface area (Å²) in [7, 11) is 0. The molecule has 2 aromatic heterocycles. The molecule has 0 aromatic carbocycles. The summed E-state index contributed by atoms with van der Waals surface area (Å²) in [4.78, 5) is 27.3.